The lowest BCUT2D eigenvalue weighted by Crippen LogP contribution is -1.98. The van der Waals surface area contributed by atoms with Gasteiger partial charge >= 0.3 is 0 Å². The first-order valence-corrected chi connectivity index (χ1v) is 3.95. The molecule has 0 N–H and O–H groups in total. The van der Waals surface area contributed by atoms with E-state index < -0.39 is 0 Å². The van der Waals surface area contributed by atoms with E-state index >= 15 is 0 Å². The van der Waals surface area contributed by atoms with Gasteiger partial charge in [0.2, 0.25) is 0 Å². The lowest BCUT2D eigenvalue weighted by molar-refractivity contribution is 0.918. The highest BCUT2D eigenvalue weighted by Crippen LogP contribution is 2.06. The molecular weight excluding hydrogens is 174 g/mol. The van der Waals surface area contributed by atoms with Crippen LogP contribution in [0.15, 0.2) is 23.3 Å². The number of rotatable bonds is 2. The Morgan fingerprint density at radius 1 is 1.75 bits per heavy atom. The molecule has 1 aromatic rings. The fourth-order valence-electron chi connectivity index (χ4n) is 0.844. The minimum atomic E-state index is 0.485. The Labute approximate surface area is 76.4 Å². The van der Waals surface area contributed by atoms with Crippen molar-refractivity contribution < 1.29 is 0 Å². The van der Waals surface area contributed by atoms with E-state index in [4.69, 9.17) is 11.6 Å². The number of allylic oxidation sites excluding steroid dienone is 2. The summed E-state index contributed by atoms with van der Waals surface area (Å²) in [6.07, 6.45) is 5.43. The molecule has 12 heavy (non-hydrogen) atoms. The molecule has 0 aliphatic carbocycles. The summed E-state index contributed by atoms with van der Waals surface area (Å²) in [6, 6.07) is 1.73. The van der Waals surface area contributed by atoms with E-state index in [2.05, 4.69) is 10.1 Å². The molecular formula is C8H10ClN3. The molecule has 0 saturated heterocycles. The highest BCUT2D eigenvalue weighted by atomic mass is 35.5. The fourth-order valence-corrected chi connectivity index (χ4v) is 0.982. The molecule has 0 aliphatic rings. The van der Waals surface area contributed by atoms with E-state index in [0.29, 0.717) is 5.15 Å². The maximum atomic E-state index is 5.66. The van der Waals surface area contributed by atoms with Crippen molar-refractivity contribution in [2.75, 3.05) is 7.05 Å². The van der Waals surface area contributed by atoms with Gasteiger partial charge in [-0.25, -0.2) is 4.68 Å². The van der Waals surface area contributed by atoms with E-state index in [1.807, 2.05) is 13.0 Å². The van der Waals surface area contributed by atoms with Gasteiger partial charge in [-0.15, -0.1) is 0 Å². The summed E-state index contributed by atoms with van der Waals surface area (Å²) >= 11 is 5.66. The molecule has 1 heterocycles. The Morgan fingerprint density at radius 3 is 2.92 bits per heavy atom. The molecule has 64 valence electrons. The van der Waals surface area contributed by atoms with Crippen LogP contribution in [0.2, 0.25) is 5.15 Å². The van der Waals surface area contributed by atoms with Gasteiger partial charge in [0.25, 0.3) is 0 Å². The van der Waals surface area contributed by atoms with Crippen LogP contribution in [0.25, 0.3) is 5.70 Å². The van der Waals surface area contributed by atoms with Crippen LogP contribution in [0.5, 0.6) is 0 Å². The Hall–Kier alpha value is -1.09. The zero-order valence-corrected chi connectivity index (χ0v) is 7.78. The van der Waals surface area contributed by atoms with Crippen molar-refractivity contribution in [1.29, 1.82) is 0 Å². The Kier molecular flexibility index (Phi) is 3.05. The van der Waals surface area contributed by atoms with Crippen molar-refractivity contribution >= 4 is 23.5 Å². The Bertz CT molecular complexity index is 312. The summed E-state index contributed by atoms with van der Waals surface area (Å²) in [5.74, 6) is 0. The van der Waals surface area contributed by atoms with Crippen LogP contribution < -0.4 is 0 Å². The van der Waals surface area contributed by atoms with Crippen molar-refractivity contribution in [3.05, 3.63) is 23.5 Å². The molecule has 4 heteroatoms. The first-order chi connectivity index (χ1) is 5.77. The molecule has 0 amide bonds. The average Bonchev–Trinajstić information content (AvgIpc) is 2.47. The van der Waals surface area contributed by atoms with Gasteiger partial charge in [0.05, 0.1) is 5.70 Å². The summed E-state index contributed by atoms with van der Waals surface area (Å²) in [5.41, 5.74) is 0.907. The molecule has 0 atom stereocenters. The summed E-state index contributed by atoms with van der Waals surface area (Å²) in [7, 11) is 1.72. The third kappa shape index (κ3) is 1.95. The van der Waals surface area contributed by atoms with Crippen LogP contribution in [0.3, 0.4) is 0 Å². The van der Waals surface area contributed by atoms with Crippen LogP contribution >= 0.6 is 11.6 Å². The van der Waals surface area contributed by atoms with Crippen molar-refractivity contribution in [3.63, 3.8) is 0 Å². The summed E-state index contributed by atoms with van der Waals surface area (Å²) in [6.45, 7) is 1.92. The third-order valence-corrected chi connectivity index (χ3v) is 1.58. The lowest BCUT2D eigenvalue weighted by Gasteiger charge is -1.98. The second-order valence-electron chi connectivity index (χ2n) is 2.18. The van der Waals surface area contributed by atoms with Crippen molar-refractivity contribution in [3.8, 4) is 0 Å². The molecule has 0 aromatic carbocycles. The SMILES string of the molecule is CC=C(C=NC)n1ccc(Cl)n1. The van der Waals surface area contributed by atoms with E-state index in [0.717, 1.165) is 5.70 Å². The molecule has 1 aromatic heterocycles. The zero-order valence-electron chi connectivity index (χ0n) is 7.03. The molecule has 0 saturated carbocycles. The molecule has 0 fully saturated rings. The number of halogens is 1. The van der Waals surface area contributed by atoms with Crippen LogP contribution in [-0.4, -0.2) is 23.0 Å². The maximum Gasteiger partial charge on any atom is 0.151 e. The second kappa shape index (κ2) is 4.07. The molecule has 0 aliphatic heterocycles. The standard InChI is InChI=1S/C8H10ClN3/c1-3-7(6-10-2)12-5-4-8(9)11-12/h3-6H,1-2H3. The third-order valence-electron chi connectivity index (χ3n) is 1.38. The Balaban J connectivity index is 2.96. The highest BCUT2D eigenvalue weighted by Gasteiger charge is 1.97. The first-order valence-electron chi connectivity index (χ1n) is 3.58. The van der Waals surface area contributed by atoms with Crippen LogP contribution in [0, 0.1) is 0 Å². The normalized spacial score (nSPS) is 12.8. The predicted molar refractivity (Wildman–Crippen MR) is 51.6 cm³/mol. The highest BCUT2D eigenvalue weighted by molar-refractivity contribution is 6.29. The van der Waals surface area contributed by atoms with Crippen molar-refractivity contribution in [2.45, 2.75) is 6.92 Å². The Morgan fingerprint density at radius 2 is 2.50 bits per heavy atom. The van der Waals surface area contributed by atoms with Gasteiger partial charge in [-0.05, 0) is 13.0 Å². The maximum absolute atomic E-state index is 5.66. The van der Waals surface area contributed by atoms with Crippen LogP contribution in [0.4, 0.5) is 0 Å². The summed E-state index contributed by atoms with van der Waals surface area (Å²) in [4.78, 5) is 3.90. The first kappa shape index (κ1) is 9.00. The molecule has 0 spiro atoms. The lowest BCUT2D eigenvalue weighted by atomic mass is 10.4. The van der Waals surface area contributed by atoms with Gasteiger partial charge in [-0.2, -0.15) is 5.10 Å². The van der Waals surface area contributed by atoms with E-state index in [1.54, 1.807) is 30.2 Å². The van der Waals surface area contributed by atoms with Crippen molar-refractivity contribution in [1.82, 2.24) is 9.78 Å². The monoisotopic (exact) mass is 183 g/mol. The summed E-state index contributed by atoms with van der Waals surface area (Å²) < 4.78 is 1.68. The summed E-state index contributed by atoms with van der Waals surface area (Å²) in [5, 5.41) is 4.51. The number of hydrogen-bond donors (Lipinski definition) is 0. The minimum absolute atomic E-state index is 0.485. The largest absolute Gasteiger partial charge is 0.294 e. The van der Waals surface area contributed by atoms with E-state index in [9.17, 15) is 0 Å². The number of hydrogen-bond acceptors (Lipinski definition) is 2. The zero-order chi connectivity index (χ0) is 8.97. The van der Waals surface area contributed by atoms with Crippen molar-refractivity contribution in [2.24, 2.45) is 4.99 Å². The van der Waals surface area contributed by atoms with Crippen LogP contribution in [0.1, 0.15) is 6.92 Å². The quantitative estimate of drug-likeness (QED) is 0.646. The van der Waals surface area contributed by atoms with Gasteiger partial charge in [0, 0.05) is 19.5 Å². The number of nitrogens with zero attached hydrogens (tertiary/aromatic N) is 3. The fraction of sp³-hybridized carbons (Fsp3) is 0.250. The van der Waals surface area contributed by atoms with E-state index in [-0.39, 0.29) is 0 Å². The van der Waals surface area contributed by atoms with Gasteiger partial charge in [-0.3, -0.25) is 4.99 Å². The van der Waals surface area contributed by atoms with Gasteiger partial charge < -0.3 is 0 Å². The van der Waals surface area contributed by atoms with E-state index in [1.165, 1.54) is 0 Å². The van der Waals surface area contributed by atoms with Gasteiger partial charge in [0.1, 0.15) is 0 Å². The van der Waals surface area contributed by atoms with Gasteiger partial charge in [-0.1, -0.05) is 17.7 Å². The predicted octanol–water partition coefficient (Wildman–Crippen LogP) is 2.10. The van der Waals surface area contributed by atoms with Gasteiger partial charge in [0.15, 0.2) is 5.15 Å². The average molecular weight is 184 g/mol. The number of aliphatic imine (C=N–C) groups is 1. The minimum Gasteiger partial charge on any atom is -0.294 e. The smallest absolute Gasteiger partial charge is 0.151 e. The molecule has 0 bridgehead atoms. The molecule has 0 unspecified atom stereocenters. The topological polar surface area (TPSA) is 30.2 Å². The molecule has 0 radical (unpaired) electrons. The van der Waals surface area contributed by atoms with Crippen LogP contribution in [-0.2, 0) is 0 Å². The molecule has 3 nitrogen and oxygen atoms in total. The second-order valence-corrected chi connectivity index (χ2v) is 2.57. The number of aromatic nitrogens is 2. The molecule has 1 rings (SSSR count).